The van der Waals surface area contributed by atoms with Crippen LogP contribution in [0.1, 0.15) is 60.0 Å². The number of carboxylic acid groups (broad SMARTS) is 1. The Bertz CT molecular complexity index is 403. The van der Waals surface area contributed by atoms with Crippen molar-refractivity contribution in [2.24, 2.45) is 7.05 Å². The van der Waals surface area contributed by atoms with Gasteiger partial charge in [0.05, 0.1) is 5.69 Å². The molecule has 1 N–H and O–H groups in total. The Hall–Kier alpha value is -1.32. The smallest absolute Gasteiger partial charge is 0.354 e. The molecule has 0 atom stereocenters. The van der Waals surface area contributed by atoms with Crippen molar-refractivity contribution in [1.29, 1.82) is 0 Å². The van der Waals surface area contributed by atoms with Gasteiger partial charge in [0, 0.05) is 13.0 Å². The van der Waals surface area contributed by atoms with Gasteiger partial charge in [-0.1, -0.05) is 19.3 Å². The summed E-state index contributed by atoms with van der Waals surface area (Å²) in [6, 6.07) is 0. The molecular formula is C12H18N2O2. The second-order valence-electron chi connectivity index (χ2n) is 4.60. The van der Waals surface area contributed by atoms with Gasteiger partial charge in [0.25, 0.3) is 0 Å². The summed E-state index contributed by atoms with van der Waals surface area (Å²) in [5.41, 5.74) is 0.969. The minimum Gasteiger partial charge on any atom is -0.477 e. The molecule has 0 unspecified atom stereocenters. The zero-order valence-electron chi connectivity index (χ0n) is 9.86. The molecule has 1 heterocycles. The zero-order chi connectivity index (χ0) is 11.7. The second kappa shape index (κ2) is 4.28. The molecule has 4 heteroatoms. The highest BCUT2D eigenvalue weighted by molar-refractivity contribution is 5.87. The number of rotatable bonds is 2. The molecule has 2 rings (SSSR count). The molecule has 0 radical (unpaired) electrons. The summed E-state index contributed by atoms with van der Waals surface area (Å²) < 4.78 is 1.76. The monoisotopic (exact) mass is 222 g/mol. The van der Waals surface area contributed by atoms with E-state index in [1.165, 1.54) is 19.3 Å². The lowest BCUT2D eigenvalue weighted by molar-refractivity contribution is 0.0685. The van der Waals surface area contributed by atoms with E-state index in [-0.39, 0.29) is 0 Å². The summed E-state index contributed by atoms with van der Waals surface area (Å²) >= 11 is 0. The van der Waals surface area contributed by atoms with Crippen LogP contribution in [-0.4, -0.2) is 20.6 Å². The van der Waals surface area contributed by atoms with E-state index in [4.69, 9.17) is 5.11 Å². The van der Waals surface area contributed by atoms with Gasteiger partial charge in [-0.15, -0.1) is 0 Å². The molecule has 0 spiro atoms. The van der Waals surface area contributed by atoms with E-state index >= 15 is 0 Å². The van der Waals surface area contributed by atoms with Crippen molar-refractivity contribution in [3.63, 3.8) is 0 Å². The topological polar surface area (TPSA) is 55.1 Å². The predicted octanol–water partition coefficient (Wildman–Crippen LogP) is 2.47. The molecular weight excluding hydrogens is 204 g/mol. The van der Waals surface area contributed by atoms with Crippen molar-refractivity contribution in [2.75, 3.05) is 0 Å². The zero-order valence-corrected chi connectivity index (χ0v) is 9.86. The molecule has 0 aliphatic heterocycles. The van der Waals surface area contributed by atoms with E-state index in [0.29, 0.717) is 17.3 Å². The fourth-order valence-corrected chi connectivity index (χ4v) is 2.68. The number of carbonyl (C=O) groups is 1. The van der Waals surface area contributed by atoms with Gasteiger partial charge in [0.15, 0.2) is 0 Å². The molecule has 1 aromatic rings. The van der Waals surface area contributed by atoms with E-state index in [1.807, 2.05) is 7.05 Å². The molecule has 4 nitrogen and oxygen atoms in total. The molecule has 0 aromatic carbocycles. The lowest BCUT2D eigenvalue weighted by Crippen LogP contribution is -2.13. The Morgan fingerprint density at radius 1 is 1.38 bits per heavy atom. The van der Waals surface area contributed by atoms with Gasteiger partial charge in [-0.25, -0.2) is 9.78 Å². The summed E-state index contributed by atoms with van der Waals surface area (Å²) in [7, 11) is 1.81. The first-order valence-corrected chi connectivity index (χ1v) is 5.87. The molecule has 1 saturated carbocycles. The van der Waals surface area contributed by atoms with Crippen molar-refractivity contribution in [3.8, 4) is 0 Å². The molecule has 16 heavy (non-hydrogen) atoms. The van der Waals surface area contributed by atoms with Crippen molar-refractivity contribution < 1.29 is 9.90 Å². The number of hydrogen-bond donors (Lipinski definition) is 1. The summed E-state index contributed by atoms with van der Waals surface area (Å²) in [4.78, 5) is 15.5. The number of nitrogens with zero attached hydrogens (tertiary/aromatic N) is 2. The number of aromatic nitrogens is 2. The van der Waals surface area contributed by atoms with Crippen LogP contribution in [0, 0.1) is 6.92 Å². The van der Waals surface area contributed by atoms with E-state index < -0.39 is 5.97 Å². The molecule has 0 saturated heterocycles. The van der Waals surface area contributed by atoms with Gasteiger partial charge < -0.3 is 9.67 Å². The SMILES string of the molecule is Cc1nc(C2CCCCC2)n(C)c1C(=O)O. The van der Waals surface area contributed by atoms with Gasteiger partial charge in [0.2, 0.25) is 0 Å². The third kappa shape index (κ3) is 1.84. The van der Waals surface area contributed by atoms with Crippen LogP contribution >= 0.6 is 0 Å². The molecule has 1 aliphatic rings. The maximum absolute atomic E-state index is 11.1. The second-order valence-corrected chi connectivity index (χ2v) is 4.60. The Kier molecular flexibility index (Phi) is 2.99. The highest BCUT2D eigenvalue weighted by atomic mass is 16.4. The fourth-order valence-electron chi connectivity index (χ4n) is 2.68. The van der Waals surface area contributed by atoms with Crippen molar-refractivity contribution in [3.05, 3.63) is 17.2 Å². The van der Waals surface area contributed by atoms with E-state index in [2.05, 4.69) is 4.98 Å². The largest absolute Gasteiger partial charge is 0.477 e. The normalized spacial score (nSPS) is 17.6. The summed E-state index contributed by atoms with van der Waals surface area (Å²) in [6.45, 7) is 1.77. The summed E-state index contributed by atoms with van der Waals surface area (Å²) in [6.07, 6.45) is 6.05. The van der Waals surface area contributed by atoms with Crippen LogP contribution in [0.5, 0.6) is 0 Å². The van der Waals surface area contributed by atoms with Crippen LogP contribution in [0.3, 0.4) is 0 Å². The number of hydrogen-bond acceptors (Lipinski definition) is 2. The van der Waals surface area contributed by atoms with Crippen LogP contribution in [0.15, 0.2) is 0 Å². The average molecular weight is 222 g/mol. The molecule has 88 valence electrons. The van der Waals surface area contributed by atoms with Gasteiger partial charge >= 0.3 is 5.97 Å². The minimum atomic E-state index is -0.880. The lowest BCUT2D eigenvalue weighted by Gasteiger charge is -2.21. The summed E-state index contributed by atoms with van der Waals surface area (Å²) in [5, 5.41) is 9.10. The molecule has 0 bridgehead atoms. The molecule has 1 fully saturated rings. The molecule has 1 aliphatic carbocycles. The third-order valence-corrected chi connectivity index (χ3v) is 3.48. The van der Waals surface area contributed by atoms with Crippen LogP contribution in [-0.2, 0) is 7.05 Å². The quantitative estimate of drug-likeness (QED) is 0.836. The van der Waals surface area contributed by atoms with Crippen molar-refractivity contribution >= 4 is 5.97 Å². The Morgan fingerprint density at radius 2 is 2.00 bits per heavy atom. The standard InChI is InChI=1S/C12H18N2O2/c1-8-10(12(15)16)14(2)11(13-8)9-6-4-3-5-7-9/h9H,3-7H2,1-2H3,(H,15,16). The highest BCUT2D eigenvalue weighted by Gasteiger charge is 2.24. The minimum absolute atomic E-state index is 0.334. The lowest BCUT2D eigenvalue weighted by atomic mass is 9.89. The van der Waals surface area contributed by atoms with Gasteiger partial charge in [-0.3, -0.25) is 0 Å². The Labute approximate surface area is 95.3 Å². The van der Waals surface area contributed by atoms with Crippen LogP contribution < -0.4 is 0 Å². The number of imidazole rings is 1. The van der Waals surface area contributed by atoms with Crippen molar-refractivity contribution in [1.82, 2.24) is 9.55 Å². The first-order chi connectivity index (χ1) is 7.61. The molecule has 1 aromatic heterocycles. The first kappa shape index (κ1) is 11.2. The van der Waals surface area contributed by atoms with E-state index in [0.717, 1.165) is 18.7 Å². The van der Waals surface area contributed by atoms with Crippen LogP contribution in [0.4, 0.5) is 0 Å². The predicted molar refractivity (Wildman–Crippen MR) is 60.7 cm³/mol. The Balaban J connectivity index is 2.34. The summed E-state index contributed by atoms with van der Waals surface area (Å²) in [5.74, 6) is 0.523. The third-order valence-electron chi connectivity index (χ3n) is 3.48. The average Bonchev–Trinajstić information content (AvgIpc) is 2.55. The Morgan fingerprint density at radius 3 is 2.50 bits per heavy atom. The van der Waals surface area contributed by atoms with Gasteiger partial charge in [0.1, 0.15) is 11.5 Å². The van der Waals surface area contributed by atoms with E-state index in [1.54, 1.807) is 11.5 Å². The van der Waals surface area contributed by atoms with Crippen LogP contribution in [0.2, 0.25) is 0 Å². The van der Waals surface area contributed by atoms with Crippen molar-refractivity contribution in [2.45, 2.75) is 44.9 Å². The van der Waals surface area contributed by atoms with E-state index in [9.17, 15) is 4.79 Å². The van der Waals surface area contributed by atoms with Gasteiger partial charge in [-0.05, 0) is 19.8 Å². The number of aryl methyl sites for hydroxylation is 1. The maximum Gasteiger partial charge on any atom is 0.354 e. The van der Waals surface area contributed by atoms with Gasteiger partial charge in [-0.2, -0.15) is 0 Å². The first-order valence-electron chi connectivity index (χ1n) is 5.87. The number of carboxylic acids is 1. The highest BCUT2D eigenvalue weighted by Crippen LogP contribution is 2.32. The molecule has 0 amide bonds. The maximum atomic E-state index is 11.1. The number of aromatic carboxylic acids is 1. The van der Waals surface area contributed by atoms with Crippen LogP contribution in [0.25, 0.3) is 0 Å². The fraction of sp³-hybridized carbons (Fsp3) is 0.667.